The van der Waals surface area contributed by atoms with Crippen LogP contribution < -0.4 is 20.9 Å². The third-order valence-electron chi connectivity index (χ3n) is 7.85. The molecule has 4 aromatic rings. The van der Waals surface area contributed by atoms with Gasteiger partial charge in [0, 0.05) is 77.4 Å². The summed E-state index contributed by atoms with van der Waals surface area (Å²) in [6, 6.07) is 27.6. The molecule has 0 unspecified atom stereocenters. The number of likely N-dealkylation sites (N-methyl/N-ethyl adjacent to an activating group) is 1. The number of benzene rings is 4. The van der Waals surface area contributed by atoms with Crippen molar-refractivity contribution in [2.75, 3.05) is 54.1 Å². The molecule has 4 aromatic carbocycles. The molecule has 0 spiro atoms. The highest BCUT2D eigenvalue weighted by atomic mass is 16.2. The van der Waals surface area contributed by atoms with E-state index in [1.54, 1.807) is 54.7 Å². The third-order valence-corrected chi connectivity index (χ3v) is 7.85. The number of carbonyl (C=O) groups is 3. The van der Waals surface area contributed by atoms with Gasteiger partial charge in [0.15, 0.2) is 5.78 Å². The lowest BCUT2D eigenvalue weighted by atomic mass is 9.99. The molecule has 2 aliphatic heterocycles. The smallest absolute Gasteiger partial charge is 0.257 e. The number of ketones is 1. The molecule has 8 nitrogen and oxygen atoms in total. The number of nitrogens with one attached hydrogen (secondary N) is 3. The summed E-state index contributed by atoms with van der Waals surface area (Å²) in [4.78, 5) is 43.6. The lowest BCUT2D eigenvalue weighted by Crippen LogP contribution is -2.44. The SMILES string of the molecule is Cc1cccc(C(=O)Nc2cccc(C(=O)c3ccc4c(c3)NC(=O)/C4=C/Nc3ccc(N4CCN(C)CC4)cc3)c2)c1. The molecule has 43 heavy (non-hydrogen) atoms. The van der Waals surface area contributed by atoms with Gasteiger partial charge in [0.05, 0.1) is 5.57 Å². The Morgan fingerprint density at radius 2 is 1.51 bits per heavy atom. The zero-order chi connectivity index (χ0) is 29.9. The number of aryl methyl sites for hydroxylation is 1. The van der Waals surface area contributed by atoms with Crippen molar-refractivity contribution >= 4 is 45.9 Å². The molecule has 1 fully saturated rings. The highest BCUT2D eigenvalue weighted by molar-refractivity contribution is 6.32. The summed E-state index contributed by atoms with van der Waals surface area (Å²) in [5.74, 6) is -0.686. The average molecular weight is 572 g/mol. The largest absolute Gasteiger partial charge is 0.369 e. The Balaban J connectivity index is 1.14. The van der Waals surface area contributed by atoms with Gasteiger partial charge in [-0.15, -0.1) is 0 Å². The molecule has 0 aliphatic carbocycles. The maximum Gasteiger partial charge on any atom is 0.257 e. The van der Waals surface area contributed by atoms with Gasteiger partial charge in [-0.05, 0) is 68.6 Å². The lowest BCUT2D eigenvalue weighted by Gasteiger charge is -2.34. The van der Waals surface area contributed by atoms with Gasteiger partial charge in [0.1, 0.15) is 0 Å². The van der Waals surface area contributed by atoms with E-state index in [1.807, 2.05) is 37.3 Å². The molecular formula is C35H33N5O3. The van der Waals surface area contributed by atoms with Gasteiger partial charge in [-0.1, -0.05) is 42.0 Å². The maximum atomic E-state index is 13.4. The van der Waals surface area contributed by atoms with Gasteiger partial charge >= 0.3 is 0 Å². The van der Waals surface area contributed by atoms with E-state index in [0.717, 1.165) is 43.0 Å². The molecule has 2 heterocycles. The molecule has 2 aliphatic rings. The van der Waals surface area contributed by atoms with Gasteiger partial charge in [0.2, 0.25) is 0 Å². The zero-order valence-electron chi connectivity index (χ0n) is 24.2. The third kappa shape index (κ3) is 6.19. The Kier molecular flexibility index (Phi) is 7.77. The topological polar surface area (TPSA) is 93.8 Å². The molecule has 216 valence electrons. The fraction of sp³-hybridized carbons (Fsp3) is 0.171. The Bertz CT molecular complexity index is 1740. The molecule has 0 radical (unpaired) electrons. The van der Waals surface area contributed by atoms with Crippen molar-refractivity contribution < 1.29 is 14.4 Å². The molecular weight excluding hydrogens is 538 g/mol. The standard InChI is InChI=1S/C35H33N5O3/c1-23-5-3-7-26(19-23)34(42)37-28-8-4-6-24(20-28)33(41)25-9-14-30-31(35(43)38-32(30)21-25)22-36-27-10-12-29(13-11-27)40-17-15-39(2)16-18-40/h3-14,19-22,36H,15-18H2,1-2H3,(H,37,42)(H,38,43)/b31-22+. The highest BCUT2D eigenvalue weighted by Crippen LogP contribution is 2.33. The summed E-state index contributed by atoms with van der Waals surface area (Å²) in [7, 11) is 2.14. The number of fused-ring (bicyclic) bond motifs is 1. The first-order chi connectivity index (χ1) is 20.8. The number of anilines is 4. The van der Waals surface area contributed by atoms with E-state index in [9.17, 15) is 14.4 Å². The van der Waals surface area contributed by atoms with Crippen molar-refractivity contribution in [2.24, 2.45) is 0 Å². The normalized spacial score (nSPS) is 15.6. The predicted octanol–water partition coefficient (Wildman–Crippen LogP) is 5.64. The molecule has 1 saturated heterocycles. The van der Waals surface area contributed by atoms with Crippen LogP contribution >= 0.6 is 0 Å². The second kappa shape index (κ2) is 12.0. The van der Waals surface area contributed by atoms with E-state index >= 15 is 0 Å². The van der Waals surface area contributed by atoms with E-state index in [1.165, 1.54) is 5.69 Å². The van der Waals surface area contributed by atoms with Gasteiger partial charge in [-0.2, -0.15) is 0 Å². The van der Waals surface area contributed by atoms with E-state index in [2.05, 4.69) is 44.9 Å². The van der Waals surface area contributed by atoms with Crippen LogP contribution in [0.4, 0.5) is 22.7 Å². The Morgan fingerprint density at radius 3 is 2.28 bits per heavy atom. The number of nitrogens with zero attached hydrogens (tertiary/aromatic N) is 2. The monoisotopic (exact) mass is 571 g/mol. The fourth-order valence-electron chi connectivity index (χ4n) is 5.36. The number of hydrogen-bond acceptors (Lipinski definition) is 6. The van der Waals surface area contributed by atoms with Crippen molar-refractivity contribution in [3.05, 3.63) is 125 Å². The van der Waals surface area contributed by atoms with E-state index in [0.29, 0.717) is 33.6 Å². The molecule has 3 N–H and O–H groups in total. The predicted molar refractivity (Wildman–Crippen MR) is 172 cm³/mol. The quantitative estimate of drug-likeness (QED) is 0.197. The summed E-state index contributed by atoms with van der Waals surface area (Å²) in [5.41, 5.74) is 6.81. The van der Waals surface area contributed by atoms with Crippen molar-refractivity contribution in [1.82, 2.24) is 4.90 Å². The lowest BCUT2D eigenvalue weighted by molar-refractivity contribution is -0.110. The van der Waals surface area contributed by atoms with Crippen LogP contribution in [0.3, 0.4) is 0 Å². The first-order valence-corrected chi connectivity index (χ1v) is 14.3. The van der Waals surface area contributed by atoms with Gasteiger partial charge in [-0.3, -0.25) is 14.4 Å². The fourth-order valence-corrected chi connectivity index (χ4v) is 5.36. The summed E-state index contributed by atoms with van der Waals surface area (Å²) >= 11 is 0. The van der Waals surface area contributed by atoms with E-state index < -0.39 is 0 Å². The number of rotatable bonds is 7. The Morgan fingerprint density at radius 1 is 0.791 bits per heavy atom. The molecule has 0 aromatic heterocycles. The molecule has 8 heteroatoms. The van der Waals surface area contributed by atoms with E-state index in [4.69, 9.17) is 0 Å². The first kappa shape index (κ1) is 27.9. The van der Waals surface area contributed by atoms with Crippen LogP contribution in [0.15, 0.2) is 97.2 Å². The van der Waals surface area contributed by atoms with Crippen LogP contribution in [-0.4, -0.2) is 55.7 Å². The summed E-state index contributed by atoms with van der Waals surface area (Å²) < 4.78 is 0. The second-order valence-corrected chi connectivity index (χ2v) is 11.0. The summed E-state index contributed by atoms with van der Waals surface area (Å²) in [5, 5.41) is 8.99. The number of amides is 2. The van der Waals surface area contributed by atoms with Crippen molar-refractivity contribution in [1.29, 1.82) is 0 Å². The second-order valence-electron chi connectivity index (χ2n) is 11.0. The van der Waals surface area contributed by atoms with Crippen molar-refractivity contribution in [2.45, 2.75) is 6.92 Å². The molecule has 0 atom stereocenters. The minimum absolute atomic E-state index is 0.209. The minimum Gasteiger partial charge on any atom is -0.369 e. The van der Waals surface area contributed by atoms with Crippen molar-refractivity contribution in [3.8, 4) is 0 Å². The van der Waals surface area contributed by atoms with E-state index in [-0.39, 0.29) is 17.6 Å². The minimum atomic E-state index is -0.243. The van der Waals surface area contributed by atoms with Crippen LogP contribution in [0.2, 0.25) is 0 Å². The number of hydrogen-bond donors (Lipinski definition) is 3. The maximum absolute atomic E-state index is 13.4. The van der Waals surface area contributed by atoms with Crippen LogP contribution in [0.5, 0.6) is 0 Å². The Hall–Kier alpha value is -5.21. The molecule has 2 amide bonds. The van der Waals surface area contributed by atoms with Gasteiger partial charge in [0.25, 0.3) is 11.8 Å². The van der Waals surface area contributed by atoms with Crippen LogP contribution in [0, 0.1) is 6.92 Å². The van der Waals surface area contributed by atoms with Crippen LogP contribution in [0.1, 0.15) is 37.4 Å². The summed E-state index contributed by atoms with van der Waals surface area (Å²) in [6.07, 6.45) is 1.70. The summed E-state index contributed by atoms with van der Waals surface area (Å²) in [6.45, 7) is 6.04. The first-order valence-electron chi connectivity index (χ1n) is 14.3. The zero-order valence-corrected chi connectivity index (χ0v) is 24.2. The molecule has 0 saturated carbocycles. The van der Waals surface area contributed by atoms with Gasteiger partial charge < -0.3 is 25.8 Å². The number of piperazine rings is 1. The average Bonchev–Trinajstić information content (AvgIpc) is 3.34. The molecule has 6 rings (SSSR count). The molecule has 0 bridgehead atoms. The van der Waals surface area contributed by atoms with Crippen LogP contribution in [-0.2, 0) is 4.79 Å². The van der Waals surface area contributed by atoms with Gasteiger partial charge in [-0.25, -0.2) is 0 Å². The highest BCUT2D eigenvalue weighted by Gasteiger charge is 2.25. The Labute approximate surface area is 251 Å². The van der Waals surface area contributed by atoms with Crippen molar-refractivity contribution in [3.63, 3.8) is 0 Å². The number of carbonyl (C=O) groups excluding carboxylic acids is 3. The van der Waals surface area contributed by atoms with Crippen LogP contribution in [0.25, 0.3) is 5.57 Å².